The van der Waals surface area contributed by atoms with Crippen LogP contribution in [0.2, 0.25) is 0 Å². The van der Waals surface area contributed by atoms with Gasteiger partial charge in [-0.15, -0.1) is 11.3 Å². The summed E-state index contributed by atoms with van der Waals surface area (Å²) in [4.78, 5) is 34.4. The maximum atomic E-state index is 12.4. The van der Waals surface area contributed by atoms with Crippen molar-refractivity contribution in [2.24, 2.45) is 0 Å². The number of benzene rings is 1. The van der Waals surface area contributed by atoms with Gasteiger partial charge in [-0.2, -0.15) is 0 Å². The van der Waals surface area contributed by atoms with Crippen LogP contribution in [0.4, 0.5) is 0 Å². The second-order valence-corrected chi connectivity index (χ2v) is 8.48. The SMILES string of the molecule is O=C(CCn1cnc2sccc2c1=O)NCCN1CCN(Cc2ccccc2)CC1. The minimum absolute atomic E-state index is 0.0324. The lowest BCUT2D eigenvalue weighted by atomic mass is 10.2. The van der Waals surface area contributed by atoms with E-state index < -0.39 is 0 Å². The van der Waals surface area contributed by atoms with E-state index >= 15 is 0 Å². The van der Waals surface area contributed by atoms with Crippen LogP contribution in [0.15, 0.2) is 52.9 Å². The Balaban J connectivity index is 1.14. The summed E-state index contributed by atoms with van der Waals surface area (Å²) in [5.41, 5.74) is 1.27. The number of hydrogen-bond acceptors (Lipinski definition) is 6. The average molecular weight is 426 g/mol. The molecule has 1 saturated heterocycles. The molecule has 0 atom stereocenters. The maximum absolute atomic E-state index is 12.4. The van der Waals surface area contributed by atoms with Gasteiger partial charge < -0.3 is 5.32 Å². The summed E-state index contributed by atoms with van der Waals surface area (Å²) in [6, 6.07) is 12.3. The summed E-state index contributed by atoms with van der Waals surface area (Å²) >= 11 is 1.45. The highest BCUT2D eigenvalue weighted by Gasteiger charge is 2.16. The predicted octanol–water partition coefficient (Wildman–Crippen LogP) is 1.78. The fraction of sp³-hybridized carbons (Fsp3) is 0.409. The summed E-state index contributed by atoms with van der Waals surface area (Å²) in [6.45, 7) is 6.96. The van der Waals surface area contributed by atoms with Crippen molar-refractivity contribution in [2.45, 2.75) is 19.5 Å². The third kappa shape index (κ3) is 5.33. The maximum Gasteiger partial charge on any atom is 0.262 e. The summed E-state index contributed by atoms with van der Waals surface area (Å²) < 4.78 is 1.51. The van der Waals surface area contributed by atoms with Gasteiger partial charge in [-0.1, -0.05) is 30.3 Å². The lowest BCUT2D eigenvalue weighted by Crippen LogP contribution is -2.48. The third-order valence-corrected chi connectivity index (χ3v) is 6.32. The predicted molar refractivity (Wildman–Crippen MR) is 120 cm³/mol. The third-order valence-electron chi connectivity index (χ3n) is 5.49. The van der Waals surface area contributed by atoms with Crippen molar-refractivity contribution in [3.05, 3.63) is 64.0 Å². The molecule has 8 heteroatoms. The fourth-order valence-electron chi connectivity index (χ4n) is 3.73. The second kappa shape index (κ2) is 9.97. The van der Waals surface area contributed by atoms with Gasteiger partial charge in [-0.3, -0.25) is 24.0 Å². The van der Waals surface area contributed by atoms with Gasteiger partial charge in [0.1, 0.15) is 4.83 Å². The van der Waals surface area contributed by atoms with Gasteiger partial charge in [0.15, 0.2) is 0 Å². The van der Waals surface area contributed by atoms with E-state index in [0.29, 0.717) is 18.5 Å². The molecule has 0 bridgehead atoms. The van der Waals surface area contributed by atoms with Crippen molar-refractivity contribution < 1.29 is 4.79 Å². The molecule has 30 heavy (non-hydrogen) atoms. The zero-order valence-electron chi connectivity index (χ0n) is 17.0. The number of nitrogens with one attached hydrogen (secondary N) is 1. The summed E-state index contributed by atoms with van der Waals surface area (Å²) in [7, 11) is 0. The van der Waals surface area contributed by atoms with Gasteiger partial charge in [-0.25, -0.2) is 4.98 Å². The van der Waals surface area contributed by atoms with Crippen molar-refractivity contribution >= 4 is 27.5 Å². The van der Waals surface area contributed by atoms with E-state index in [2.05, 4.69) is 44.4 Å². The molecular formula is C22H27N5O2S. The summed E-state index contributed by atoms with van der Waals surface area (Å²) in [5.74, 6) is -0.0324. The Morgan fingerprint density at radius 3 is 2.60 bits per heavy atom. The van der Waals surface area contributed by atoms with Crippen molar-refractivity contribution in [2.75, 3.05) is 39.3 Å². The fourth-order valence-corrected chi connectivity index (χ4v) is 4.45. The number of thiophene rings is 1. The van der Waals surface area contributed by atoms with Gasteiger partial charge in [0.2, 0.25) is 5.91 Å². The molecule has 158 valence electrons. The number of aryl methyl sites for hydroxylation is 1. The van der Waals surface area contributed by atoms with Gasteiger partial charge in [-0.05, 0) is 17.0 Å². The molecule has 1 aromatic carbocycles. The minimum Gasteiger partial charge on any atom is -0.355 e. The molecule has 3 heterocycles. The number of amides is 1. The van der Waals surface area contributed by atoms with Crippen LogP contribution in [0, 0.1) is 0 Å². The molecular weight excluding hydrogens is 398 g/mol. The van der Waals surface area contributed by atoms with E-state index in [1.54, 1.807) is 6.07 Å². The number of fused-ring (bicyclic) bond motifs is 1. The molecule has 0 radical (unpaired) electrons. The molecule has 1 N–H and O–H groups in total. The lowest BCUT2D eigenvalue weighted by molar-refractivity contribution is -0.121. The zero-order chi connectivity index (χ0) is 20.8. The van der Waals surface area contributed by atoms with Crippen LogP contribution in [0.25, 0.3) is 10.2 Å². The van der Waals surface area contributed by atoms with E-state index in [1.165, 1.54) is 27.8 Å². The van der Waals surface area contributed by atoms with E-state index in [-0.39, 0.29) is 17.9 Å². The number of hydrogen-bond donors (Lipinski definition) is 1. The molecule has 1 fully saturated rings. The lowest BCUT2D eigenvalue weighted by Gasteiger charge is -2.34. The van der Waals surface area contributed by atoms with Crippen LogP contribution in [-0.4, -0.2) is 64.5 Å². The number of piperazine rings is 1. The van der Waals surface area contributed by atoms with E-state index in [1.807, 2.05) is 11.4 Å². The molecule has 1 aliphatic rings. The molecule has 2 aromatic heterocycles. The Morgan fingerprint density at radius 1 is 1.03 bits per heavy atom. The topological polar surface area (TPSA) is 70.5 Å². The van der Waals surface area contributed by atoms with E-state index in [0.717, 1.165) is 44.1 Å². The van der Waals surface area contributed by atoms with Crippen LogP contribution in [0.1, 0.15) is 12.0 Å². The second-order valence-electron chi connectivity index (χ2n) is 7.59. The van der Waals surface area contributed by atoms with Crippen LogP contribution < -0.4 is 10.9 Å². The van der Waals surface area contributed by atoms with Crippen LogP contribution in [0.5, 0.6) is 0 Å². The van der Waals surface area contributed by atoms with E-state index in [4.69, 9.17) is 0 Å². The first kappa shape index (κ1) is 20.7. The molecule has 4 rings (SSSR count). The van der Waals surface area contributed by atoms with Crippen LogP contribution in [-0.2, 0) is 17.9 Å². The van der Waals surface area contributed by atoms with Gasteiger partial charge in [0, 0.05) is 58.8 Å². The van der Waals surface area contributed by atoms with Gasteiger partial charge >= 0.3 is 0 Å². The smallest absolute Gasteiger partial charge is 0.262 e. The normalized spacial score (nSPS) is 15.5. The molecule has 0 unspecified atom stereocenters. The molecule has 1 amide bonds. The van der Waals surface area contributed by atoms with Crippen molar-refractivity contribution in [3.63, 3.8) is 0 Å². The molecule has 0 aliphatic carbocycles. The van der Waals surface area contributed by atoms with Crippen LogP contribution in [0.3, 0.4) is 0 Å². The zero-order valence-corrected chi connectivity index (χ0v) is 17.8. The Hall–Kier alpha value is -2.55. The number of nitrogens with zero attached hydrogens (tertiary/aromatic N) is 4. The molecule has 7 nitrogen and oxygen atoms in total. The molecule has 0 spiro atoms. The monoisotopic (exact) mass is 425 g/mol. The van der Waals surface area contributed by atoms with Gasteiger partial charge in [0.25, 0.3) is 5.56 Å². The van der Waals surface area contributed by atoms with Crippen molar-refractivity contribution in [1.82, 2.24) is 24.7 Å². The quantitative estimate of drug-likeness (QED) is 0.596. The number of carbonyl (C=O) groups excluding carboxylic acids is 1. The average Bonchev–Trinajstić information content (AvgIpc) is 3.25. The largest absolute Gasteiger partial charge is 0.355 e. The number of carbonyl (C=O) groups is 1. The Kier molecular flexibility index (Phi) is 6.88. The highest BCUT2D eigenvalue weighted by molar-refractivity contribution is 7.16. The minimum atomic E-state index is -0.0811. The summed E-state index contributed by atoms with van der Waals surface area (Å²) in [5, 5.41) is 5.45. The molecule has 0 saturated carbocycles. The van der Waals surface area contributed by atoms with Gasteiger partial charge in [0.05, 0.1) is 11.7 Å². The Labute approximate surface area is 179 Å². The first-order valence-corrected chi connectivity index (χ1v) is 11.2. The summed E-state index contributed by atoms with van der Waals surface area (Å²) in [6.07, 6.45) is 1.81. The highest BCUT2D eigenvalue weighted by atomic mass is 32.1. The molecule has 1 aliphatic heterocycles. The number of rotatable bonds is 8. The Morgan fingerprint density at radius 2 is 1.80 bits per heavy atom. The van der Waals surface area contributed by atoms with Crippen LogP contribution >= 0.6 is 11.3 Å². The number of aromatic nitrogens is 2. The van der Waals surface area contributed by atoms with Crippen molar-refractivity contribution in [1.29, 1.82) is 0 Å². The first-order chi connectivity index (χ1) is 14.7. The molecule has 3 aromatic rings. The standard InChI is InChI=1S/C22H27N5O2S/c28-20(6-9-27-17-24-21-19(22(27)29)7-15-30-21)23-8-10-25-11-13-26(14-12-25)16-18-4-2-1-3-5-18/h1-5,7,15,17H,6,8-14,16H2,(H,23,28). The van der Waals surface area contributed by atoms with E-state index in [9.17, 15) is 9.59 Å². The Bertz CT molecular complexity index is 1020. The highest BCUT2D eigenvalue weighted by Crippen LogP contribution is 2.13. The first-order valence-electron chi connectivity index (χ1n) is 10.4. The van der Waals surface area contributed by atoms with Crippen molar-refractivity contribution in [3.8, 4) is 0 Å².